The molecule has 0 fully saturated rings. The van der Waals surface area contributed by atoms with Crippen LogP contribution in [-0.4, -0.2) is 18.4 Å². The van der Waals surface area contributed by atoms with Crippen LogP contribution in [0.2, 0.25) is 5.02 Å². The fraction of sp³-hybridized carbons (Fsp3) is 0.176. The highest BCUT2D eigenvalue weighted by Gasteiger charge is 2.16. The van der Waals surface area contributed by atoms with Crippen molar-refractivity contribution in [2.75, 3.05) is 17.2 Å². The van der Waals surface area contributed by atoms with Gasteiger partial charge in [-0.05, 0) is 42.3 Å². The summed E-state index contributed by atoms with van der Waals surface area (Å²) in [6.45, 7) is 0.0137. The van der Waals surface area contributed by atoms with Gasteiger partial charge in [-0.2, -0.15) is 0 Å². The van der Waals surface area contributed by atoms with Gasteiger partial charge in [-0.25, -0.2) is 0 Å². The Morgan fingerprint density at radius 2 is 2.00 bits per heavy atom. The van der Waals surface area contributed by atoms with Crippen LogP contribution in [0.25, 0.3) is 0 Å². The molecule has 0 saturated heterocycles. The molecule has 0 radical (unpaired) electrons. The molecule has 5 nitrogen and oxygen atoms in total. The summed E-state index contributed by atoms with van der Waals surface area (Å²) >= 11 is 5.83. The van der Waals surface area contributed by atoms with E-state index in [2.05, 4.69) is 10.6 Å². The number of hydrogen-bond donors (Lipinski definition) is 2. The minimum atomic E-state index is -0.205. The summed E-state index contributed by atoms with van der Waals surface area (Å²) < 4.78 is 5.28. The van der Waals surface area contributed by atoms with Crippen LogP contribution in [0.4, 0.5) is 11.4 Å². The summed E-state index contributed by atoms with van der Waals surface area (Å²) in [7, 11) is 0. The predicted molar refractivity (Wildman–Crippen MR) is 89.0 cm³/mol. The van der Waals surface area contributed by atoms with Crippen LogP contribution in [0.3, 0.4) is 0 Å². The average Bonchev–Trinajstić information content (AvgIpc) is 2.54. The third-order valence-corrected chi connectivity index (χ3v) is 3.70. The maximum absolute atomic E-state index is 12.0. The smallest absolute Gasteiger partial charge is 0.262 e. The third-order valence-electron chi connectivity index (χ3n) is 3.45. The number of ether oxygens (including phenoxy) is 1. The van der Waals surface area contributed by atoms with Crippen molar-refractivity contribution >= 4 is 34.8 Å². The van der Waals surface area contributed by atoms with Crippen molar-refractivity contribution in [2.24, 2.45) is 0 Å². The number of nitrogens with one attached hydrogen (secondary N) is 2. The maximum atomic E-state index is 12.0. The van der Waals surface area contributed by atoms with Gasteiger partial charge in [0.2, 0.25) is 5.91 Å². The van der Waals surface area contributed by atoms with E-state index in [-0.39, 0.29) is 18.4 Å². The Kier molecular flexibility index (Phi) is 4.48. The molecule has 6 heteroatoms. The Morgan fingerprint density at radius 3 is 2.78 bits per heavy atom. The predicted octanol–water partition coefficient (Wildman–Crippen LogP) is 3.24. The van der Waals surface area contributed by atoms with Crippen molar-refractivity contribution in [1.82, 2.24) is 0 Å². The van der Waals surface area contributed by atoms with Gasteiger partial charge in [0.05, 0.1) is 5.69 Å². The average molecular weight is 331 g/mol. The van der Waals surface area contributed by atoms with Crippen molar-refractivity contribution in [3.63, 3.8) is 0 Å². The molecule has 0 bridgehead atoms. The number of halogens is 1. The van der Waals surface area contributed by atoms with Gasteiger partial charge in [-0.3, -0.25) is 9.59 Å². The lowest BCUT2D eigenvalue weighted by molar-refractivity contribution is -0.118. The highest BCUT2D eigenvalue weighted by molar-refractivity contribution is 6.30. The van der Waals surface area contributed by atoms with Crippen LogP contribution in [0.5, 0.6) is 5.75 Å². The van der Waals surface area contributed by atoms with Gasteiger partial charge in [0.15, 0.2) is 6.61 Å². The third kappa shape index (κ3) is 4.02. The molecule has 0 unspecified atom stereocenters. The monoisotopic (exact) mass is 330 g/mol. The molecule has 2 N–H and O–H groups in total. The van der Waals surface area contributed by atoms with E-state index in [1.807, 2.05) is 12.1 Å². The van der Waals surface area contributed by atoms with Gasteiger partial charge in [0.25, 0.3) is 5.91 Å². The lowest BCUT2D eigenvalue weighted by Gasteiger charge is -2.18. The van der Waals surface area contributed by atoms with Crippen LogP contribution < -0.4 is 15.4 Å². The molecule has 0 aromatic heterocycles. The fourth-order valence-electron chi connectivity index (χ4n) is 2.29. The number of benzene rings is 2. The zero-order valence-electron chi connectivity index (χ0n) is 12.3. The van der Waals surface area contributed by atoms with Crippen molar-refractivity contribution in [3.8, 4) is 5.75 Å². The van der Waals surface area contributed by atoms with Gasteiger partial charge in [-0.1, -0.05) is 23.7 Å². The van der Waals surface area contributed by atoms with E-state index in [0.29, 0.717) is 35.0 Å². The number of anilines is 2. The standard InChI is InChI=1S/C17H15ClN2O3/c18-12-4-1-11(2-5-12)3-8-16(21)19-13-6-7-15-14(9-13)20-17(22)10-23-15/h1-2,4-7,9H,3,8,10H2,(H,19,21)(H,20,22). The first-order valence-corrected chi connectivity index (χ1v) is 7.59. The summed E-state index contributed by atoms with van der Waals surface area (Å²) in [6, 6.07) is 12.6. The first-order valence-electron chi connectivity index (χ1n) is 7.21. The zero-order chi connectivity index (χ0) is 16.2. The molecule has 0 atom stereocenters. The van der Waals surface area contributed by atoms with Crippen LogP contribution in [0.15, 0.2) is 42.5 Å². The van der Waals surface area contributed by atoms with E-state index in [9.17, 15) is 9.59 Å². The Balaban J connectivity index is 1.58. The second-order valence-electron chi connectivity index (χ2n) is 5.22. The highest BCUT2D eigenvalue weighted by atomic mass is 35.5. The molecule has 2 amide bonds. The van der Waals surface area contributed by atoms with Gasteiger partial charge < -0.3 is 15.4 Å². The molecule has 118 valence electrons. The number of hydrogen-bond acceptors (Lipinski definition) is 3. The maximum Gasteiger partial charge on any atom is 0.262 e. The van der Waals surface area contributed by atoms with E-state index in [1.54, 1.807) is 30.3 Å². The van der Waals surface area contributed by atoms with E-state index < -0.39 is 0 Å². The van der Waals surface area contributed by atoms with Crippen molar-refractivity contribution in [2.45, 2.75) is 12.8 Å². The normalized spacial score (nSPS) is 12.8. The molecule has 23 heavy (non-hydrogen) atoms. The summed E-state index contributed by atoms with van der Waals surface area (Å²) in [5.74, 6) is 0.301. The minimum absolute atomic E-state index is 0.0137. The van der Waals surface area contributed by atoms with E-state index >= 15 is 0 Å². The fourth-order valence-corrected chi connectivity index (χ4v) is 2.42. The number of aryl methyl sites for hydroxylation is 1. The number of rotatable bonds is 4. The van der Waals surface area contributed by atoms with Crippen molar-refractivity contribution < 1.29 is 14.3 Å². The van der Waals surface area contributed by atoms with Gasteiger partial charge in [-0.15, -0.1) is 0 Å². The zero-order valence-corrected chi connectivity index (χ0v) is 13.0. The summed E-state index contributed by atoms with van der Waals surface area (Å²) in [5.41, 5.74) is 2.24. The van der Waals surface area contributed by atoms with Gasteiger partial charge in [0.1, 0.15) is 5.75 Å². The Morgan fingerprint density at radius 1 is 1.22 bits per heavy atom. The number of carbonyl (C=O) groups is 2. The molecule has 1 aliphatic rings. The molecular weight excluding hydrogens is 316 g/mol. The van der Waals surface area contributed by atoms with E-state index in [1.165, 1.54) is 0 Å². The summed E-state index contributed by atoms with van der Waals surface area (Å²) in [5, 5.41) is 6.20. The number of carbonyl (C=O) groups excluding carboxylic acids is 2. The van der Waals surface area contributed by atoms with Crippen LogP contribution >= 0.6 is 11.6 Å². The molecule has 2 aromatic rings. The summed E-state index contributed by atoms with van der Waals surface area (Å²) in [4.78, 5) is 23.3. The minimum Gasteiger partial charge on any atom is -0.482 e. The Hall–Kier alpha value is -2.53. The van der Waals surface area contributed by atoms with Gasteiger partial charge in [0, 0.05) is 17.1 Å². The summed E-state index contributed by atoms with van der Waals surface area (Å²) in [6.07, 6.45) is 0.995. The molecule has 1 aliphatic heterocycles. The number of amides is 2. The Bertz CT molecular complexity index is 744. The van der Waals surface area contributed by atoms with Crippen LogP contribution in [0, 0.1) is 0 Å². The molecule has 0 spiro atoms. The molecule has 0 aliphatic carbocycles. The van der Waals surface area contributed by atoms with E-state index in [0.717, 1.165) is 5.56 Å². The van der Waals surface area contributed by atoms with Gasteiger partial charge >= 0.3 is 0 Å². The molecule has 0 saturated carbocycles. The SMILES string of the molecule is O=C(CCc1ccc(Cl)cc1)Nc1ccc2c(c1)NC(=O)CO2. The number of fused-ring (bicyclic) bond motifs is 1. The molecular formula is C17H15ClN2O3. The molecule has 1 heterocycles. The van der Waals surface area contributed by atoms with Crippen LogP contribution in [0.1, 0.15) is 12.0 Å². The quantitative estimate of drug-likeness (QED) is 0.904. The Labute approximate surface area is 138 Å². The largest absolute Gasteiger partial charge is 0.482 e. The lowest BCUT2D eigenvalue weighted by Crippen LogP contribution is -2.25. The topological polar surface area (TPSA) is 67.4 Å². The van der Waals surface area contributed by atoms with Crippen LogP contribution in [-0.2, 0) is 16.0 Å². The van der Waals surface area contributed by atoms with Crippen molar-refractivity contribution in [1.29, 1.82) is 0 Å². The lowest BCUT2D eigenvalue weighted by atomic mass is 10.1. The van der Waals surface area contributed by atoms with Crippen molar-refractivity contribution in [3.05, 3.63) is 53.1 Å². The highest BCUT2D eigenvalue weighted by Crippen LogP contribution is 2.30. The first kappa shape index (κ1) is 15.4. The van der Waals surface area contributed by atoms with E-state index in [4.69, 9.17) is 16.3 Å². The second kappa shape index (κ2) is 6.71. The second-order valence-corrected chi connectivity index (χ2v) is 5.66. The molecule has 2 aromatic carbocycles. The molecule has 3 rings (SSSR count). The first-order chi connectivity index (χ1) is 11.1.